The molecule has 23 heavy (non-hydrogen) atoms. The minimum absolute atomic E-state index is 0.00756. The number of aromatic nitrogens is 2. The molecule has 1 aliphatic heterocycles. The first-order valence-electron chi connectivity index (χ1n) is 7.81. The number of hydrogen-bond acceptors (Lipinski definition) is 4. The Balaban J connectivity index is 1.66. The maximum Gasteiger partial charge on any atom is 0.227 e. The molecule has 0 aliphatic carbocycles. The van der Waals surface area contributed by atoms with Gasteiger partial charge in [0.2, 0.25) is 5.91 Å². The Kier molecular flexibility index (Phi) is 4.73. The van der Waals surface area contributed by atoms with Crippen molar-refractivity contribution in [2.24, 2.45) is 5.92 Å². The Hall–Kier alpha value is -2.18. The largest absolute Gasteiger partial charge is 0.396 e. The first-order valence-corrected chi connectivity index (χ1v) is 7.81. The van der Waals surface area contributed by atoms with Crippen molar-refractivity contribution in [3.05, 3.63) is 48.3 Å². The summed E-state index contributed by atoms with van der Waals surface area (Å²) in [4.78, 5) is 14.2. The van der Waals surface area contributed by atoms with Crippen LogP contribution in [0.2, 0.25) is 0 Å². The van der Waals surface area contributed by atoms with E-state index in [4.69, 9.17) is 0 Å². The average Bonchev–Trinajstić information content (AvgIpc) is 3.25. The second-order valence-corrected chi connectivity index (χ2v) is 5.96. The van der Waals surface area contributed by atoms with Crippen LogP contribution in [0.1, 0.15) is 12.0 Å². The minimum atomic E-state index is -0.178. The molecule has 0 radical (unpaired) electrons. The molecule has 2 unspecified atom stereocenters. The number of carbonyl (C=O) groups excluding carboxylic acids is 1. The molecule has 3 rings (SSSR count). The van der Waals surface area contributed by atoms with Gasteiger partial charge in [-0.25, -0.2) is 4.68 Å². The Labute approximate surface area is 135 Å². The molecule has 2 N–H and O–H groups in total. The molecule has 1 aliphatic rings. The predicted octanol–water partition coefficient (Wildman–Crippen LogP) is 0.617. The molecule has 122 valence electrons. The topological polar surface area (TPSA) is 78.6 Å². The zero-order valence-corrected chi connectivity index (χ0v) is 12.9. The molecule has 1 saturated heterocycles. The number of likely N-dealkylation sites (tertiary alicyclic amines) is 1. The van der Waals surface area contributed by atoms with Crippen LogP contribution < -0.4 is 0 Å². The van der Waals surface area contributed by atoms with E-state index in [-0.39, 0.29) is 31.1 Å². The molecule has 0 saturated carbocycles. The number of aliphatic hydroxyl groups excluding tert-OH is 2. The van der Waals surface area contributed by atoms with Crippen molar-refractivity contribution in [3.8, 4) is 5.69 Å². The Bertz CT molecular complexity index is 640. The summed E-state index contributed by atoms with van der Waals surface area (Å²) in [5.74, 6) is 0.0603. The molecule has 1 fully saturated rings. The summed E-state index contributed by atoms with van der Waals surface area (Å²) in [5.41, 5.74) is 1.87. The molecule has 1 aromatic heterocycles. The second kappa shape index (κ2) is 6.93. The Morgan fingerprint density at radius 2 is 2.00 bits per heavy atom. The lowest BCUT2D eigenvalue weighted by Crippen LogP contribution is -2.38. The molecule has 1 aromatic carbocycles. The number of amides is 1. The zero-order chi connectivity index (χ0) is 16.2. The molecule has 0 spiro atoms. The highest BCUT2D eigenvalue weighted by molar-refractivity contribution is 5.79. The van der Waals surface area contributed by atoms with Crippen molar-refractivity contribution in [2.45, 2.75) is 18.9 Å². The highest BCUT2D eigenvalue weighted by Gasteiger charge is 2.34. The van der Waals surface area contributed by atoms with Gasteiger partial charge in [0, 0.05) is 31.5 Å². The third kappa shape index (κ3) is 3.43. The quantitative estimate of drug-likeness (QED) is 0.848. The molecule has 6 heteroatoms. The lowest BCUT2D eigenvalue weighted by molar-refractivity contribution is -0.132. The number of nitrogens with zero attached hydrogens (tertiary/aromatic N) is 3. The van der Waals surface area contributed by atoms with Crippen LogP contribution in [0.3, 0.4) is 0 Å². The fourth-order valence-corrected chi connectivity index (χ4v) is 3.09. The monoisotopic (exact) mass is 315 g/mol. The molecule has 1 amide bonds. The number of benzene rings is 1. The molecular weight excluding hydrogens is 294 g/mol. The van der Waals surface area contributed by atoms with Gasteiger partial charge >= 0.3 is 0 Å². The van der Waals surface area contributed by atoms with Crippen molar-refractivity contribution >= 4 is 5.91 Å². The Morgan fingerprint density at radius 3 is 2.61 bits per heavy atom. The van der Waals surface area contributed by atoms with Crippen molar-refractivity contribution in [3.63, 3.8) is 0 Å². The summed E-state index contributed by atoms with van der Waals surface area (Å²) in [6.07, 6.45) is 4.55. The summed E-state index contributed by atoms with van der Waals surface area (Å²) in [5, 5.41) is 22.9. The maximum atomic E-state index is 12.5. The van der Waals surface area contributed by atoms with Crippen LogP contribution >= 0.6 is 0 Å². The van der Waals surface area contributed by atoms with E-state index in [9.17, 15) is 15.0 Å². The van der Waals surface area contributed by atoms with E-state index >= 15 is 0 Å². The van der Waals surface area contributed by atoms with Crippen molar-refractivity contribution in [1.29, 1.82) is 0 Å². The lowest BCUT2D eigenvalue weighted by Gasteiger charge is -2.23. The van der Waals surface area contributed by atoms with E-state index in [2.05, 4.69) is 5.10 Å². The summed E-state index contributed by atoms with van der Waals surface area (Å²) in [6, 6.07) is 9.38. The van der Waals surface area contributed by atoms with Gasteiger partial charge in [0.05, 0.1) is 24.8 Å². The van der Waals surface area contributed by atoms with Crippen LogP contribution in [0.25, 0.3) is 5.69 Å². The summed E-state index contributed by atoms with van der Waals surface area (Å²) in [7, 11) is 0. The predicted molar refractivity (Wildman–Crippen MR) is 85.0 cm³/mol. The average molecular weight is 315 g/mol. The van der Waals surface area contributed by atoms with Gasteiger partial charge in [-0.15, -0.1) is 0 Å². The number of carbonyl (C=O) groups is 1. The van der Waals surface area contributed by atoms with Crippen LogP contribution in [0.4, 0.5) is 0 Å². The summed E-state index contributed by atoms with van der Waals surface area (Å²) < 4.78 is 1.76. The van der Waals surface area contributed by atoms with Crippen LogP contribution in [-0.2, 0) is 11.2 Å². The van der Waals surface area contributed by atoms with Gasteiger partial charge < -0.3 is 15.1 Å². The van der Waals surface area contributed by atoms with Gasteiger partial charge in [0.1, 0.15) is 0 Å². The van der Waals surface area contributed by atoms with Gasteiger partial charge in [0.25, 0.3) is 0 Å². The van der Waals surface area contributed by atoms with Crippen LogP contribution in [-0.4, -0.2) is 56.6 Å². The van der Waals surface area contributed by atoms with E-state index in [1.54, 1.807) is 15.8 Å². The number of rotatable bonds is 5. The fourth-order valence-electron chi connectivity index (χ4n) is 3.09. The summed E-state index contributed by atoms with van der Waals surface area (Å²) in [6.45, 7) is 0.519. The second-order valence-electron chi connectivity index (χ2n) is 5.96. The van der Waals surface area contributed by atoms with E-state index < -0.39 is 0 Å². The Morgan fingerprint density at radius 1 is 1.22 bits per heavy atom. The van der Waals surface area contributed by atoms with Gasteiger partial charge in [-0.3, -0.25) is 4.79 Å². The van der Waals surface area contributed by atoms with Crippen LogP contribution in [0, 0.1) is 5.92 Å². The maximum absolute atomic E-state index is 12.5. The third-order valence-corrected chi connectivity index (χ3v) is 4.35. The van der Waals surface area contributed by atoms with Gasteiger partial charge in [-0.1, -0.05) is 12.1 Å². The molecule has 2 atom stereocenters. The number of aliphatic hydroxyl groups is 2. The smallest absolute Gasteiger partial charge is 0.227 e. The minimum Gasteiger partial charge on any atom is -0.396 e. The van der Waals surface area contributed by atoms with Gasteiger partial charge in [0.15, 0.2) is 0 Å². The fraction of sp³-hybridized carbons (Fsp3) is 0.412. The molecule has 6 nitrogen and oxygen atoms in total. The first-order chi connectivity index (χ1) is 11.2. The normalized spacial score (nSPS) is 20.9. The zero-order valence-electron chi connectivity index (χ0n) is 12.9. The van der Waals surface area contributed by atoms with E-state index in [1.807, 2.05) is 36.5 Å². The SMILES string of the molecule is O=C(Cc1ccc(-n2cccn2)cc1)N1CC(CO)CC1CO. The third-order valence-electron chi connectivity index (χ3n) is 4.35. The van der Waals surface area contributed by atoms with Crippen LogP contribution in [0.15, 0.2) is 42.7 Å². The van der Waals surface area contributed by atoms with E-state index in [1.165, 1.54) is 0 Å². The van der Waals surface area contributed by atoms with Crippen molar-refractivity contribution in [2.75, 3.05) is 19.8 Å². The first kappa shape index (κ1) is 15.7. The van der Waals surface area contributed by atoms with Gasteiger partial charge in [-0.05, 0) is 30.2 Å². The van der Waals surface area contributed by atoms with E-state index in [0.717, 1.165) is 11.3 Å². The van der Waals surface area contributed by atoms with Crippen LogP contribution in [0.5, 0.6) is 0 Å². The molecule has 2 aromatic rings. The molecule has 2 heterocycles. The standard InChI is InChI=1S/C17H21N3O3/c21-11-14-8-16(12-22)19(10-14)17(23)9-13-2-4-15(5-3-13)20-7-1-6-18-20/h1-7,14,16,21-22H,8-12H2. The highest BCUT2D eigenvalue weighted by Crippen LogP contribution is 2.23. The molecule has 0 bridgehead atoms. The van der Waals surface area contributed by atoms with Crippen molar-refractivity contribution in [1.82, 2.24) is 14.7 Å². The highest BCUT2D eigenvalue weighted by atomic mass is 16.3. The van der Waals surface area contributed by atoms with Crippen molar-refractivity contribution < 1.29 is 15.0 Å². The lowest BCUT2D eigenvalue weighted by atomic mass is 10.1. The van der Waals surface area contributed by atoms with E-state index in [0.29, 0.717) is 19.4 Å². The number of hydrogen-bond donors (Lipinski definition) is 2. The summed E-state index contributed by atoms with van der Waals surface area (Å²) >= 11 is 0. The van der Waals surface area contributed by atoms with Gasteiger partial charge in [-0.2, -0.15) is 5.10 Å². The molecular formula is C17H21N3O3.